The maximum atomic E-state index is 13.4. The summed E-state index contributed by atoms with van der Waals surface area (Å²) >= 11 is 3.44. The first-order chi connectivity index (χ1) is 15.8. The molecule has 6 rings (SSSR count). The van der Waals surface area contributed by atoms with Crippen molar-refractivity contribution in [3.8, 4) is 0 Å². The molecule has 6 nitrogen and oxygen atoms in total. The van der Waals surface area contributed by atoms with Crippen molar-refractivity contribution in [1.82, 2.24) is 23.8 Å². The largest absolute Gasteiger partial charge is 0.309 e. The van der Waals surface area contributed by atoms with Gasteiger partial charge < -0.3 is 8.97 Å². The van der Waals surface area contributed by atoms with E-state index in [0.29, 0.717) is 11.9 Å². The van der Waals surface area contributed by atoms with Crippen LogP contribution < -0.4 is 5.56 Å². The minimum Gasteiger partial charge on any atom is -0.309 e. The van der Waals surface area contributed by atoms with E-state index in [-0.39, 0.29) is 23.8 Å². The smallest absolute Gasteiger partial charge is 0.260 e. The van der Waals surface area contributed by atoms with E-state index < -0.39 is 5.92 Å². The third kappa shape index (κ3) is 3.77. The highest BCUT2D eigenvalue weighted by Crippen LogP contribution is 2.56. The summed E-state index contributed by atoms with van der Waals surface area (Å²) in [4.78, 5) is 23.9. The normalized spacial score (nSPS) is 19.5. The molecule has 1 spiro atoms. The van der Waals surface area contributed by atoms with Crippen molar-refractivity contribution in [3.05, 3.63) is 75.3 Å². The Bertz CT molecular complexity index is 1440. The lowest BCUT2D eigenvalue weighted by Gasteiger charge is -2.44. The number of imidazole rings is 1. The van der Waals surface area contributed by atoms with E-state index in [1.165, 1.54) is 0 Å². The first kappa shape index (κ1) is 20.9. The Morgan fingerprint density at radius 3 is 2.73 bits per heavy atom. The molecule has 1 aliphatic carbocycles. The highest BCUT2D eigenvalue weighted by molar-refractivity contribution is 9.10. The van der Waals surface area contributed by atoms with Crippen LogP contribution in [0.25, 0.3) is 16.4 Å². The molecule has 0 unspecified atom stereocenters. The summed E-state index contributed by atoms with van der Waals surface area (Å²) in [7, 11) is 0. The average molecular weight is 514 g/mol. The average Bonchev–Trinajstić information content (AvgIpc) is 3.33. The first-order valence-electron chi connectivity index (χ1n) is 11.0. The molecule has 2 fully saturated rings. The summed E-state index contributed by atoms with van der Waals surface area (Å²) in [6, 6.07) is 5.90. The Kier molecular flexibility index (Phi) is 4.71. The van der Waals surface area contributed by atoms with Crippen LogP contribution in [-0.4, -0.2) is 42.8 Å². The van der Waals surface area contributed by atoms with Crippen molar-refractivity contribution in [1.29, 1.82) is 0 Å². The van der Waals surface area contributed by atoms with Crippen LogP contribution in [0.3, 0.4) is 0 Å². The molecule has 9 heteroatoms. The molecule has 170 valence electrons. The van der Waals surface area contributed by atoms with Gasteiger partial charge in [-0.15, -0.1) is 0 Å². The minimum atomic E-state index is -2.47. The van der Waals surface area contributed by atoms with Crippen LogP contribution in [0.4, 0.5) is 8.78 Å². The number of pyridine rings is 3. The van der Waals surface area contributed by atoms with E-state index in [0.717, 1.165) is 52.8 Å². The van der Waals surface area contributed by atoms with Crippen LogP contribution in [0, 0.1) is 5.41 Å². The van der Waals surface area contributed by atoms with Crippen LogP contribution in [0.5, 0.6) is 0 Å². The molecule has 0 N–H and O–H groups in total. The monoisotopic (exact) mass is 513 g/mol. The molecule has 2 aliphatic rings. The Labute approximate surface area is 197 Å². The maximum Gasteiger partial charge on any atom is 0.260 e. The Balaban J connectivity index is 1.20. The van der Waals surface area contributed by atoms with Gasteiger partial charge in [-0.3, -0.25) is 14.7 Å². The van der Waals surface area contributed by atoms with Gasteiger partial charge >= 0.3 is 0 Å². The molecule has 0 radical (unpaired) electrons. The third-order valence-electron chi connectivity index (χ3n) is 6.94. The fraction of sp³-hybridized carbons (Fsp3) is 0.375. The molecule has 33 heavy (non-hydrogen) atoms. The summed E-state index contributed by atoms with van der Waals surface area (Å²) in [6.45, 7) is 2.70. The van der Waals surface area contributed by atoms with E-state index in [4.69, 9.17) is 0 Å². The number of fused-ring (bicyclic) bond motifs is 2. The van der Waals surface area contributed by atoms with Gasteiger partial charge in [-0.1, -0.05) is 6.07 Å². The number of aromatic nitrogens is 4. The van der Waals surface area contributed by atoms with Crippen molar-refractivity contribution in [2.75, 3.05) is 13.1 Å². The molecule has 0 atom stereocenters. The van der Waals surface area contributed by atoms with E-state index in [9.17, 15) is 13.6 Å². The lowest BCUT2D eigenvalue weighted by atomic mass is 9.65. The molecule has 4 aromatic heterocycles. The van der Waals surface area contributed by atoms with Crippen molar-refractivity contribution in [2.45, 2.75) is 38.3 Å². The van der Waals surface area contributed by atoms with Crippen LogP contribution in [-0.2, 0) is 13.1 Å². The number of hydrogen-bond acceptors (Lipinski definition) is 4. The van der Waals surface area contributed by atoms with Gasteiger partial charge in [0, 0.05) is 66.8 Å². The second kappa shape index (κ2) is 7.43. The minimum absolute atomic E-state index is 0.0293. The number of rotatable bonds is 4. The number of halogens is 3. The quantitative estimate of drug-likeness (QED) is 0.403. The molecule has 0 aromatic carbocycles. The Morgan fingerprint density at radius 2 is 1.91 bits per heavy atom. The van der Waals surface area contributed by atoms with E-state index in [1.807, 2.05) is 35.0 Å². The van der Waals surface area contributed by atoms with E-state index in [1.54, 1.807) is 23.2 Å². The van der Waals surface area contributed by atoms with Gasteiger partial charge in [-0.2, -0.15) is 0 Å². The number of nitrogens with zero attached hydrogens (tertiary/aromatic N) is 5. The molecular formula is C24H22BrF2N5O. The molecule has 1 aliphatic heterocycles. The van der Waals surface area contributed by atoms with E-state index in [2.05, 4.69) is 30.8 Å². The molecule has 1 saturated carbocycles. The summed E-state index contributed by atoms with van der Waals surface area (Å²) in [6.07, 6.45) is 9.92. The SMILES string of the molecule is O=c1c2cncc(Br)c2ccn1Cc1cn2cc(CN3CCC4(C3)CC(F)(F)C4)ccc2n1. The topological polar surface area (TPSA) is 55.4 Å². The summed E-state index contributed by atoms with van der Waals surface area (Å²) in [5.74, 6) is -2.47. The summed E-state index contributed by atoms with van der Waals surface area (Å²) in [5.41, 5.74) is 2.42. The zero-order chi connectivity index (χ0) is 22.8. The van der Waals surface area contributed by atoms with Crippen molar-refractivity contribution < 1.29 is 8.78 Å². The van der Waals surface area contributed by atoms with Crippen LogP contribution >= 0.6 is 15.9 Å². The molecule has 0 amide bonds. The molecule has 5 heterocycles. The van der Waals surface area contributed by atoms with Crippen LogP contribution in [0.1, 0.15) is 30.5 Å². The zero-order valence-corrected chi connectivity index (χ0v) is 19.4. The lowest BCUT2D eigenvalue weighted by molar-refractivity contribution is -0.155. The van der Waals surface area contributed by atoms with Gasteiger partial charge in [0.15, 0.2) is 0 Å². The highest BCUT2D eigenvalue weighted by Gasteiger charge is 2.58. The number of alkyl halides is 2. The van der Waals surface area contributed by atoms with Crippen molar-refractivity contribution >= 4 is 32.3 Å². The molecule has 0 bridgehead atoms. The van der Waals surface area contributed by atoms with Gasteiger partial charge in [0.05, 0.1) is 17.6 Å². The molecule has 4 aromatic rings. The first-order valence-corrected chi connectivity index (χ1v) is 11.8. The standard InChI is InChI=1S/C24H22BrF2N5O/c25-20-8-28-7-19-18(20)3-5-31(22(19)33)11-17-12-32-10-16(1-2-21(32)29-17)9-30-6-4-23(15-30)13-24(26,27)14-23/h1-3,5,7-8,10,12H,4,6,9,11,13-15H2. The predicted octanol–water partition coefficient (Wildman–Crippen LogP) is 4.48. The second-order valence-electron chi connectivity index (χ2n) is 9.54. The number of likely N-dealkylation sites (tertiary alicyclic amines) is 1. The summed E-state index contributed by atoms with van der Waals surface area (Å²) in [5, 5.41) is 1.39. The molecular weight excluding hydrogens is 492 g/mol. The summed E-state index contributed by atoms with van der Waals surface area (Å²) < 4.78 is 31.2. The zero-order valence-electron chi connectivity index (χ0n) is 17.8. The Hall–Kier alpha value is -2.65. The fourth-order valence-electron chi connectivity index (χ4n) is 5.49. The fourth-order valence-corrected chi connectivity index (χ4v) is 5.95. The second-order valence-corrected chi connectivity index (χ2v) is 10.4. The van der Waals surface area contributed by atoms with Crippen LogP contribution in [0.15, 0.2) is 58.5 Å². The third-order valence-corrected chi connectivity index (χ3v) is 7.57. The molecule has 1 saturated heterocycles. The van der Waals surface area contributed by atoms with Crippen molar-refractivity contribution in [2.24, 2.45) is 5.41 Å². The van der Waals surface area contributed by atoms with Gasteiger partial charge in [0.25, 0.3) is 5.56 Å². The van der Waals surface area contributed by atoms with Gasteiger partial charge in [0.2, 0.25) is 5.92 Å². The predicted molar refractivity (Wildman–Crippen MR) is 125 cm³/mol. The van der Waals surface area contributed by atoms with Crippen LogP contribution in [0.2, 0.25) is 0 Å². The highest BCUT2D eigenvalue weighted by atomic mass is 79.9. The maximum absolute atomic E-state index is 13.4. The Morgan fingerprint density at radius 1 is 1.06 bits per heavy atom. The van der Waals surface area contributed by atoms with Gasteiger partial charge in [0.1, 0.15) is 5.65 Å². The van der Waals surface area contributed by atoms with E-state index >= 15 is 0 Å². The van der Waals surface area contributed by atoms with Crippen molar-refractivity contribution in [3.63, 3.8) is 0 Å². The lowest BCUT2D eigenvalue weighted by Crippen LogP contribution is -2.47. The van der Waals surface area contributed by atoms with Gasteiger partial charge in [-0.05, 0) is 52.0 Å². The number of hydrogen-bond donors (Lipinski definition) is 0. The van der Waals surface area contributed by atoms with Gasteiger partial charge in [-0.25, -0.2) is 13.8 Å².